The van der Waals surface area contributed by atoms with Gasteiger partial charge >= 0.3 is 0 Å². The normalized spacial score (nSPS) is 19.6. The molecule has 0 bridgehead atoms. The van der Waals surface area contributed by atoms with Crippen LogP contribution < -0.4 is 16.2 Å². The fraction of sp³-hybridized carbons (Fsp3) is 0.455. The largest absolute Gasteiger partial charge is 0.350 e. The summed E-state index contributed by atoms with van der Waals surface area (Å²) in [5, 5.41) is 6.11. The van der Waals surface area contributed by atoms with Gasteiger partial charge in [-0.15, -0.1) is 0 Å². The number of carbonyl (C=O) groups is 1. The van der Waals surface area contributed by atoms with Crippen molar-refractivity contribution in [3.05, 3.63) is 34.2 Å². The molecule has 5 heteroatoms. The van der Waals surface area contributed by atoms with Crippen molar-refractivity contribution in [2.75, 3.05) is 13.1 Å². The second kappa shape index (κ2) is 4.94. The van der Waals surface area contributed by atoms with Crippen LogP contribution in [0, 0.1) is 0 Å². The van der Waals surface area contributed by atoms with Crippen molar-refractivity contribution in [1.29, 1.82) is 0 Å². The molecule has 0 aromatic carbocycles. The summed E-state index contributed by atoms with van der Waals surface area (Å²) >= 11 is 0. The van der Waals surface area contributed by atoms with Crippen LogP contribution in [0.4, 0.5) is 0 Å². The lowest BCUT2D eigenvalue weighted by molar-refractivity contribution is 0.0950. The third-order valence-corrected chi connectivity index (χ3v) is 2.71. The van der Waals surface area contributed by atoms with E-state index in [-0.39, 0.29) is 11.5 Å². The van der Waals surface area contributed by atoms with Gasteiger partial charge in [0.25, 0.3) is 5.91 Å². The van der Waals surface area contributed by atoms with Crippen molar-refractivity contribution >= 4 is 5.91 Å². The molecule has 1 fully saturated rings. The Kier molecular flexibility index (Phi) is 3.36. The summed E-state index contributed by atoms with van der Waals surface area (Å²) in [5.41, 5.74) is 0.147. The number of carbonyl (C=O) groups excluding carboxylic acids is 1. The fourth-order valence-corrected chi connectivity index (χ4v) is 1.83. The number of hydrogen-bond donors (Lipinski definition) is 3. The van der Waals surface area contributed by atoms with E-state index < -0.39 is 0 Å². The Morgan fingerprint density at radius 3 is 3.12 bits per heavy atom. The van der Waals surface area contributed by atoms with Gasteiger partial charge in [-0.1, -0.05) is 0 Å². The van der Waals surface area contributed by atoms with Crippen LogP contribution in [0.5, 0.6) is 0 Å². The minimum absolute atomic E-state index is 0.195. The number of rotatable bonds is 3. The van der Waals surface area contributed by atoms with Crippen molar-refractivity contribution in [2.24, 2.45) is 0 Å². The summed E-state index contributed by atoms with van der Waals surface area (Å²) in [6.07, 6.45) is 3.73. The van der Waals surface area contributed by atoms with Crippen LogP contribution in [0.3, 0.4) is 0 Å². The van der Waals surface area contributed by atoms with Crippen LogP contribution in [0.2, 0.25) is 0 Å². The Balaban J connectivity index is 1.90. The summed E-state index contributed by atoms with van der Waals surface area (Å²) in [6, 6.07) is 3.27. The first-order valence-electron chi connectivity index (χ1n) is 5.46. The summed E-state index contributed by atoms with van der Waals surface area (Å²) in [7, 11) is 0. The molecule has 1 atom stereocenters. The lowest BCUT2D eigenvalue weighted by Gasteiger charge is -2.11. The maximum absolute atomic E-state index is 11.7. The Hall–Kier alpha value is -1.62. The Morgan fingerprint density at radius 2 is 2.44 bits per heavy atom. The number of aromatic amines is 1. The number of hydrogen-bond acceptors (Lipinski definition) is 3. The van der Waals surface area contributed by atoms with E-state index in [1.807, 2.05) is 0 Å². The molecule has 1 aromatic heterocycles. The third-order valence-electron chi connectivity index (χ3n) is 2.71. The first-order valence-corrected chi connectivity index (χ1v) is 5.46. The molecule has 1 aliphatic rings. The minimum Gasteiger partial charge on any atom is -0.350 e. The molecule has 0 spiro atoms. The number of aromatic nitrogens is 1. The average molecular weight is 221 g/mol. The van der Waals surface area contributed by atoms with Gasteiger partial charge in [-0.05, 0) is 25.5 Å². The number of amides is 1. The lowest BCUT2D eigenvalue weighted by atomic mass is 10.2. The van der Waals surface area contributed by atoms with E-state index in [4.69, 9.17) is 0 Å². The van der Waals surface area contributed by atoms with Gasteiger partial charge in [0.15, 0.2) is 0 Å². The zero-order valence-corrected chi connectivity index (χ0v) is 8.95. The van der Waals surface area contributed by atoms with Crippen molar-refractivity contribution in [2.45, 2.75) is 18.9 Å². The molecule has 1 aliphatic heterocycles. The monoisotopic (exact) mass is 221 g/mol. The van der Waals surface area contributed by atoms with Crippen molar-refractivity contribution in [3.63, 3.8) is 0 Å². The standard InChI is InChI=1S/C11H15N3O2/c15-10-6-8(3-5-13-10)11(16)14-7-9-2-1-4-12-9/h3,5-6,9,12H,1-2,4,7H2,(H,13,15)(H,14,16). The highest BCUT2D eigenvalue weighted by atomic mass is 16.2. The summed E-state index contributed by atoms with van der Waals surface area (Å²) in [6.45, 7) is 1.64. The molecule has 2 heterocycles. The van der Waals surface area contributed by atoms with Crippen LogP contribution in [-0.2, 0) is 0 Å². The zero-order chi connectivity index (χ0) is 11.4. The van der Waals surface area contributed by atoms with Gasteiger partial charge in [0, 0.05) is 30.4 Å². The number of pyridine rings is 1. The van der Waals surface area contributed by atoms with E-state index in [1.165, 1.54) is 12.3 Å². The first kappa shape index (κ1) is 10.9. The molecule has 1 aromatic rings. The van der Waals surface area contributed by atoms with Gasteiger partial charge in [-0.2, -0.15) is 0 Å². The van der Waals surface area contributed by atoms with E-state index in [0.717, 1.165) is 19.4 Å². The molecule has 16 heavy (non-hydrogen) atoms. The van der Waals surface area contributed by atoms with Gasteiger partial charge in [0.2, 0.25) is 5.56 Å². The highest BCUT2D eigenvalue weighted by Crippen LogP contribution is 2.03. The highest BCUT2D eigenvalue weighted by Gasteiger charge is 2.15. The Bertz CT molecular complexity index is 421. The maximum atomic E-state index is 11.7. The SMILES string of the molecule is O=C(NCC1CCCN1)c1cc[nH]c(=O)c1. The van der Waals surface area contributed by atoms with E-state index in [2.05, 4.69) is 15.6 Å². The van der Waals surface area contributed by atoms with Gasteiger partial charge in [-0.25, -0.2) is 0 Å². The van der Waals surface area contributed by atoms with Crippen LogP contribution in [0.15, 0.2) is 23.1 Å². The smallest absolute Gasteiger partial charge is 0.251 e. The first-order chi connectivity index (χ1) is 7.75. The molecule has 1 saturated heterocycles. The predicted molar refractivity (Wildman–Crippen MR) is 60.4 cm³/mol. The summed E-state index contributed by atoms with van der Waals surface area (Å²) < 4.78 is 0. The molecule has 0 aliphatic carbocycles. The van der Waals surface area contributed by atoms with Crippen LogP contribution in [-0.4, -0.2) is 30.0 Å². The van der Waals surface area contributed by atoms with Crippen LogP contribution >= 0.6 is 0 Å². The summed E-state index contributed by atoms with van der Waals surface area (Å²) in [5.74, 6) is -0.195. The quantitative estimate of drug-likeness (QED) is 0.665. The molecule has 3 N–H and O–H groups in total. The fourth-order valence-electron chi connectivity index (χ4n) is 1.83. The lowest BCUT2D eigenvalue weighted by Crippen LogP contribution is -2.37. The van der Waals surface area contributed by atoms with Crippen molar-refractivity contribution in [3.8, 4) is 0 Å². The summed E-state index contributed by atoms with van der Waals surface area (Å²) in [4.78, 5) is 25.1. The number of H-pyrrole nitrogens is 1. The molecule has 1 unspecified atom stereocenters. The third kappa shape index (κ3) is 2.70. The second-order valence-electron chi connectivity index (χ2n) is 3.94. The molecule has 0 saturated carbocycles. The zero-order valence-electron chi connectivity index (χ0n) is 8.95. The van der Waals surface area contributed by atoms with E-state index in [1.54, 1.807) is 6.07 Å². The minimum atomic E-state index is -0.258. The molecule has 2 rings (SSSR count). The Labute approximate surface area is 93.3 Å². The molecule has 0 radical (unpaired) electrons. The second-order valence-corrected chi connectivity index (χ2v) is 3.94. The van der Waals surface area contributed by atoms with Crippen molar-refractivity contribution in [1.82, 2.24) is 15.6 Å². The van der Waals surface area contributed by atoms with Crippen LogP contribution in [0.1, 0.15) is 23.2 Å². The van der Waals surface area contributed by atoms with Crippen molar-refractivity contribution < 1.29 is 4.79 Å². The van der Waals surface area contributed by atoms with E-state index >= 15 is 0 Å². The average Bonchev–Trinajstić information content (AvgIpc) is 2.78. The molecule has 5 nitrogen and oxygen atoms in total. The highest BCUT2D eigenvalue weighted by molar-refractivity contribution is 5.93. The topological polar surface area (TPSA) is 74.0 Å². The molecular weight excluding hydrogens is 206 g/mol. The molecule has 1 amide bonds. The van der Waals surface area contributed by atoms with Gasteiger partial charge < -0.3 is 15.6 Å². The number of nitrogens with one attached hydrogen (secondary N) is 3. The molecule has 86 valence electrons. The van der Waals surface area contributed by atoms with Gasteiger partial charge in [-0.3, -0.25) is 9.59 Å². The Morgan fingerprint density at radius 1 is 1.56 bits per heavy atom. The van der Waals surface area contributed by atoms with Crippen LogP contribution in [0.25, 0.3) is 0 Å². The van der Waals surface area contributed by atoms with E-state index in [0.29, 0.717) is 18.2 Å². The van der Waals surface area contributed by atoms with E-state index in [9.17, 15) is 9.59 Å². The maximum Gasteiger partial charge on any atom is 0.251 e. The van der Waals surface area contributed by atoms with Gasteiger partial charge in [0.1, 0.15) is 0 Å². The van der Waals surface area contributed by atoms with Gasteiger partial charge in [0.05, 0.1) is 0 Å². The molecular formula is C11H15N3O2. The predicted octanol–water partition coefficient (Wildman–Crippen LogP) is -0.143.